The fourth-order valence-corrected chi connectivity index (χ4v) is 5.24. The van der Waals surface area contributed by atoms with E-state index in [0.717, 1.165) is 27.8 Å². The molecule has 0 spiro atoms. The number of imidazole rings is 1. The van der Waals surface area contributed by atoms with Crippen molar-refractivity contribution < 1.29 is 8.42 Å². The number of rotatable bonds is 5. The van der Waals surface area contributed by atoms with E-state index in [1.165, 1.54) is 0 Å². The number of nitrogens with one attached hydrogen (secondary N) is 1. The second-order valence-electron chi connectivity index (χ2n) is 7.78. The first kappa shape index (κ1) is 20.1. The molecule has 1 heterocycles. The van der Waals surface area contributed by atoms with Crippen LogP contribution >= 0.6 is 0 Å². The van der Waals surface area contributed by atoms with Gasteiger partial charge in [-0.25, -0.2) is 13.4 Å². The van der Waals surface area contributed by atoms with E-state index in [9.17, 15) is 8.42 Å². The summed E-state index contributed by atoms with van der Waals surface area (Å²) in [7, 11) is 0.116. The number of para-hydroxylation sites is 2. The molecule has 0 aliphatic heterocycles. The molecule has 7 heteroatoms. The van der Waals surface area contributed by atoms with Crippen LogP contribution < -0.4 is 9.62 Å². The molecule has 0 radical (unpaired) electrons. The Hall–Kier alpha value is -3.84. The van der Waals surface area contributed by atoms with Gasteiger partial charge in [0.2, 0.25) is 0 Å². The highest BCUT2D eigenvalue weighted by Gasteiger charge is 2.19. The zero-order valence-corrected chi connectivity index (χ0v) is 18.5. The quantitative estimate of drug-likeness (QED) is 0.414. The summed E-state index contributed by atoms with van der Waals surface area (Å²) in [5.41, 5.74) is 4.27. The number of nitrogens with zero attached hydrogens (tertiary/aromatic N) is 3. The molecule has 0 atom stereocenters. The number of sulfonamides is 1. The third-order valence-corrected chi connectivity index (χ3v) is 6.92. The average molecular weight is 443 g/mol. The summed E-state index contributed by atoms with van der Waals surface area (Å²) in [6.45, 7) is 0. The van der Waals surface area contributed by atoms with E-state index in [2.05, 4.69) is 9.71 Å². The van der Waals surface area contributed by atoms with Gasteiger partial charge < -0.3 is 4.90 Å². The van der Waals surface area contributed by atoms with Gasteiger partial charge in [-0.05, 0) is 48.5 Å². The van der Waals surface area contributed by atoms with E-state index in [-0.39, 0.29) is 4.90 Å². The molecule has 5 aromatic rings. The highest BCUT2D eigenvalue weighted by atomic mass is 32.2. The first-order valence-electron chi connectivity index (χ1n) is 10.2. The van der Waals surface area contributed by atoms with Crippen LogP contribution in [0.2, 0.25) is 0 Å². The summed E-state index contributed by atoms with van der Waals surface area (Å²) in [4.78, 5) is 6.64. The molecular weight excluding hydrogens is 420 g/mol. The van der Waals surface area contributed by atoms with Crippen molar-refractivity contribution in [3.05, 3.63) is 91.3 Å². The van der Waals surface area contributed by atoms with E-state index in [1.807, 2.05) is 84.2 Å². The molecule has 6 nitrogen and oxygen atoms in total. The molecule has 1 N–H and O–H groups in total. The monoisotopic (exact) mass is 442 g/mol. The maximum absolute atomic E-state index is 13.2. The van der Waals surface area contributed by atoms with Gasteiger partial charge in [0.25, 0.3) is 10.0 Å². The number of benzene rings is 4. The van der Waals surface area contributed by atoms with Crippen molar-refractivity contribution in [2.24, 2.45) is 0 Å². The molecule has 0 unspecified atom stereocenters. The van der Waals surface area contributed by atoms with Gasteiger partial charge in [0, 0.05) is 41.9 Å². The summed E-state index contributed by atoms with van der Waals surface area (Å²) in [5.74, 6) is 0. The minimum absolute atomic E-state index is 0.253. The van der Waals surface area contributed by atoms with Crippen LogP contribution in [0.25, 0.3) is 27.5 Å². The summed E-state index contributed by atoms with van der Waals surface area (Å²) in [5, 5.41) is 1.58. The van der Waals surface area contributed by atoms with Crippen LogP contribution in [0.5, 0.6) is 0 Å². The van der Waals surface area contributed by atoms with Crippen LogP contribution in [0.15, 0.2) is 96.2 Å². The number of anilines is 2. The van der Waals surface area contributed by atoms with E-state index >= 15 is 0 Å². The minimum Gasteiger partial charge on any atom is -0.377 e. The Morgan fingerprint density at radius 1 is 0.812 bits per heavy atom. The lowest BCUT2D eigenvalue weighted by Gasteiger charge is -2.17. The maximum Gasteiger partial charge on any atom is 0.262 e. The summed E-state index contributed by atoms with van der Waals surface area (Å²) >= 11 is 0. The molecular formula is C25H22N4O2S. The molecule has 0 fully saturated rings. The highest BCUT2D eigenvalue weighted by Crippen LogP contribution is 2.31. The van der Waals surface area contributed by atoms with Gasteiger partial charge >= 0.3 is 0 Å². The van der Waals surface area contributed by atoms with Gasteiger partial charge in [0.05, 0.1) is 15.9 Å². The average Bonchev–Trinajstić information content (AvgIpc) is 3.22. The fraction of sp³-hybridized carbons (Fsp3) is 0.0800. The van der Waals surface area contributed by atoms with Crippen LogP contribution in [0.1, 0.15) is 0 Å². The Labute approximate surface area is 186 Å². The molecule has 0 saturated heterocycles. The molecule has 32 heavy (non-hydrogen) atoms. The molecule has 0 aliphatic rings. The third-order valence-electron chi connectivity index (χ3n) is 5.48. The lowest BCUT2D eigenvalue weighted by atomic mass is 10.1. The predicted molar refractivity (Wildman–Crippen MR) is 130 cm³/mol. The molecule has 5 rings (SSSR count). The molecule has 1 aromatic heterocycles. The van der Waals surface area contributed by atoms with Gasteiger partial charge in [0.1, 0.15) is 6.33 Å². The standard InChI is InChI=1S/C25H22N4O2S/c1-28(2)23-11-5-8-21-20(23)7-6-12-25(21)32(30,31)27-18-13-15-19(16-14-18)29-17-26-22-9-3-4-10-24(22)29/h3-17,27H,1-2H3. The number of fused-ring (bicyclic) bond motifs is 2. The fourth-order valence-electron chi connectivity index (χ4n) is 3.95. The largest absolute Gasteiger partial charge is 0.377 e. The molecule has 0 saturated carbocycles. The maximum atomic E-state index is 13.2. The van der Waals surface area contributed by atoms with Crippen molar-refractivity contribution in [1.29, 1.82) is 0 Å². The SMILES string of the molecule is CN(C)c1cccc2c(S(=O)(=O)Nc3ccc(-n4cnc5ccccc54)cc3)cccc12. The van der Waals surface area contributed by atoms with Gasteiger partial charge in [-0.3, -0.25) is 9.29 Å². The van der Waals surface area contributed by atoms with Crippen molar-refractivity contribution in [3.63, 3.8) is 0 Å². The Morgan fingerprint density at radius 2 is 1.53 bits per heavy atom. The first-order chi connectivity index (χ1) is 15.4. The van der Waals surface area contributed by atoms with E-state index in [4.69, 9.17) is 0 Å². The van der Waals surface area contributed by atoms with Crippen molar-refractivity contribution in [2.45, 2.75) is 4.90 Å². The zero-order valence-electron chi connectivity index (χ0n) is 17.7. The van der Waals surface area contributed by atoms with Crippen LogP contribution in [-0.4, -0.2) is 32.1 Å². The van der Waals surface area contributed by atoms with Gasteiger partial charge in [0.15, 0.2) is 0 Å². The van der Waals surface area contributed by atoms with Gasteiger partial charge in [-0.2, -0.15) is 0 Å². The minimum atomic E-state index is -3.77. The summed E-state index contributed by atoms with van der Waals surface area (Å²) in [6.07, 6.45) is 1.77. The van der Waals surface area contributed by atoms with Crippen molar-refractivity contribution >= 4 is 43.2 Å². The summed E-state index contributed by atoms with van der Waals surface area (Å²) < 4.78 is 31.2. The molecule has 160 valence electrons. The highest BCUT2D eigenvalue weighted by molar-refractivity contribution is 7.93. The normalized spacial score (nSPS) is 11.7. The predicted octanol–water partition coefficient (Wildman–Crippen LogP) is 5.05. The van der Waals surface area contributed by atoms with Crippen LogP contribution in [0, 0.1) is 0 Å². The Kier molecular flexibility index (Phi) is 4.83. The van der Waals surface area contributed by atoms with Crippen LogP contribution in [0.4, 0.5) is 11.4 Å². The summed E-state index contributed by atoms with van der Waals surface area (Å²) in [6, 6.07) is 26.2. The number of aromatic nitrogens is 2. The third kappa shape index (κ3) is 3.46. The molecule has 0 aliphatic carbocycles. The topological polar surface area (TPSA) is 67.2 Å². The Balaban J connectivity index is 1.48. The second-order valence-corrected chi connectivity index (χ2v) is 9.43. The number of hydrogen-bond acceptors (Lipinski definition) is 4. The van der Waals surface area contributed by atoms with Crippen molar-refractivity contribution in [3.8, 4) is 5.69 Å². The molecule has 0 amide bonds. The lowest BCUT2D eigenvalue weighted by molar-refractivity contribution is 0.602. The van der Waals surface area contributed by atoms with E-state index in [0.29, 0.717) is 11.1 Å². The van der Waals surface area contributed by atoms with E-state index in [1.54, 1.807) is 30.6 Å². The molecule has 4 aromatic carbocycles. The van der Waals surface area contributed by atoms with Gasteiger partial charge in [-0.15, -0.1) is 0 Å². The Morgan fingerprint density at radius 3 is 2.31 bits per heavy atom. The lowest BCUT2D eigenvalue weighted by Crippen LogP contribution is -2.14. The van der Waals surface area contributed by atoms with Crippen LogP contribution in [0.3, 0.4) is 0 Å². The first-order valence-corrected chi connectivity index (χ1v) is 11.7. The van der Waals surface area contributed by atoms with E-state index < -0.39 is 10.0 Å². The van der Waals surface area contributed by atoms with Crippen molar-refractivity contribution in [2.75, 3.05) is 23.7 Å². The van der Waals surface area contributed by atoms with Crippen molar-refractivity contribution in [1.82, 2.24) is 9.55 Å². The van der Waals surface area contributed by atoms with Crippen LogP contribution in [-0.2, 0) is 10.0 Å². The second kappa shape index (κ2) is 7.69. The molecule has 0 bridgehead atoms. The zero-order chi connectivity index (χ0) is 22.3. The van der Waals surface area contributed by atoms with Gasteiger partial charge in [-0.1, -0.05) is 36.4 Å². The Bertz CT molecular complexity index is 1540. The number of hydrogen-bond donors (Lipinski definition) is 1. The smallest absolute Gasteiger partial charge is 0.262 e.